The summed E-state index contributed by atoms with van der Waals surface area (Å²) < 4.78 is 4.93. The number of rotatable bonds is 3. The van der Waals surface area contributed by atoms with Crippen molar-refractivity contribution in [1.82, 2.24) is 9.88 Å². The van der Waals surface area contributed by atoms with Gasteiger partial charge in [0.15, 0.2) is 0 Å². The first-order chi connectivity index (χ1) is 8.16. The molecule has 1 aromatic heterocycles. The van der Waals surface area contributed by atoms with Crippen LogP contribution in [0.5, 0.6) is 5.75 Å². The van der Waals surface area contributed by atoms with Gasteiger partial charge in [0.2, 0.25) is 11.8 Å². The second-order valence-corrected chi connectivity index (χ2v) is 3.54. The predicted molar refractivity (Wildman–Crippen MR) is 55.8 cm³/mol. The molecule has 0 spiro atoms. The normalized spacial score (nSPS) is 15.2. The van der Waals surface area contributed by atoms with Crippen LogP contribution in [0.3, 0.4) is 0 Å². The van der Waals surface area contributed by atoms with Crippen molar-refractivity contribution in [1.29, 1.82) is 0 Å². The Bertz CT molecular complexity index is 442. The summed E-state index contributed by atoms with van der Waals surface area (Å²) in [5.41, 5.74) is 0. The average molecular weight is 234 g/mol. The Hall–Kier alpha value is -2.24. The van der Waals surface area contributed by atoms with Gasteiger partial charge >= 0.3 is 5.97 Å². The molecular weight excluding hydrogens is 224 g/mol. The van der Waals surface area contributed by atoms with Crippen molar-refractivity contribution in [3.63, 3.8) is 0 Å². The SMILES string of the molecule is O=C(CN1C(=O)CCC1=O)Oc1cccnc1. The minimum Gasteiger partial charge on any atom is -0.424 e. The molecule has 88 valence electrons. The smallest absolute Gasteiger partial charge is 0.331 e. The summed E-state index contributed by atoms with van der Waals surface area (Å²) in [5.74, 6) is -1.03. The first-order valence-electron chi connectivity index (χ1n) is 5.11. The van der Waals surface area contributed by atoms with E-state index < -0.39 is 5.97 Å². The van der Waals surface area contributed by atoms with E-state index in [1.807, 2.05) is 0 Å². The number of likely N-dealkylation sites (tertiary alicyclic amines) is 1. The van der Waals surface area contributed by atoms with Gasteiger partial charge in [-0.25, -0.2) is 4.79 Å². The zero-order valence-corrected chi connectivity index (χ0v) is 8.96. The van der Waals surface area contributed by atoms with Gasteiger partial charge in [0.05, 0.1) is 6.20 Å². The van der Waals surface area contributed by atoms with E-state index >= 15 is 0 Å². The molecule has 0 bridgehead atoms. The highest BCUT2D eigenvalue weighted by Crippen LogP contribution is 2.12. The number of nitrogens with zero attached hydrogens (tertiary/aromatic N) is 2. The summed E-state index contributed by atoms with van der Waals surface area (Å²) in [6, 6.07) is 3.19. The van der Waals surface area contributed by atoms with Gasteiger partial charge in [-0.15, -0.1) is 0 Å². The lowest BCUT2D eigenvalue weighted by atomic mass is 10.4. The molecule has 0 saturated carbocycles. The molecule has 2 rings (SSSR count). The first kappa shape index (κ1) is 11.3. The number of pyridine rings is 1. The molecule has 1 aliphatic rings. The molecule has 0 unspecified atom stereocenters. The predicted octanol–water partition coefficient (Wildman–Crippen LogP) is 0.136. The molecule has 0 atom stereocenters. The highest BCUT2D eigenvalue weighted by molar-refractivity contribution is 6.04. The van der Waals surface area contributed by atoms with Gasteiger partial charge in [0.25, 0.3) is 0 Å². The van der Waals surface area contributed by atoms with Crippen molar-refractivity contribution in [2.75, 3.05) is 6.54 Å². The summed E-state index contributed by atoms with van der Waals surface area (Å²) in [6.07, 6.45) is 3.26. The molecule has 0 N–H and O–H groups in total. The van der Waals surface area contributed by atoms with Crippen LogP contribution in [0.15, 0.2) is 24.5 Å². The van der Waals surface area contributed by atoms with E-state index in [9.17, 15) is 14.4 Å². The van der Waals surface area contributed by atoms with E-state index in [0.717, 1.165) is 4.90 Å². The summed E-state index contributed by atoms with van der Waals surface area (Å²) in [7, 11) is 0. The van der Waals surface area contributed by atoms with Crippen molar-refractivity contribution >= 4 is 17.8 Å². The fourth-order valence-electron chi connectivity index (χ4n) is 1.50. The fourth-order valence-corrected chi connectivity index (χ4v) is 1.50. The van der Waals surface area contributed by atoms with Crippen LogP contribution in [0.4, 0.5) is 0 Å². The molecule has 1 aromatic rings. The van der Waals surface area contributed by atoms with Crippen molar-refractivity contribution in [2.45, 2.75) is 12.8 Å². The Labute approximate surface area is 97.2 Å². The lowest BCUT2D eigenvalue weighted by Gasteiger charge is -2.12. The van der Waals surface area contributed by atoms with Crippen molar-refractivity contribution in [3.05, 3.63) is 24.5 Å². The second kappa shape index (κ2) is 4.73. The number of carbonyl (C=O) groups is 3. The molecule has 17 heavy (non-hydrogen) atoms. The third-order valence-electron chi connectivity index (χ3n) is 2.31. The van der Waals surface area contributed by atoms with Crippen molar-refractivity contribution < 1.29 is 19.1 Å². The highest BCUT2D eigenvalue weighted by Gasteiger charge is 2.30. The van der Waals surface area contributed by atoms with E-state index in [2.05, 4.69) is 4.98 Å². The Morgan fingerprint density at radius 2 is 2.06 bits per heavy atom. The third kappa shape index (κ3) is 2.66. The van der Waals surface area contributed by atoms with Gasteiger partial charge in [0.1, 0.15) is 12.3 Å². The number of aromatic nitrogens is 1. The average Bonchev–Trinajstić information content (AvgIpc) is 2.62. The molecule has 0 aromatic carbocycles. The Balaban J connectivity index is 1.94. The van der Waals surface area contributed by atoms with Crippen LogP contribution in [-0.4, -0.2) is 34.2 Å². The molecule has 6 nitrogen and oxygen atoms in total. The molecule has 1 saturated heterocycles. The van der Waals surface area contributed by atoms with Crippen molar-refractivity contribution in [3.8, 4) is 5.75 Å². The van der Waals surface area contributed by atoms with Gasteiger partial charge in [-0.1, -0.05) is 0 Å². The lowest BCUT2D eigenvalue weighted by molar-refractivity contribution is -0.147. The molecular formula is C11H10N2O4. The summed E-state index contributed by atoms with van der Waals surface area (Å²) >= 11 is 0. The summed E-state index contributed by atoms with van der Waals surface area (Å²) in [6.45, 7) is -0.341. The molecule has 1 aliphatic heterocycles. The monoisotopic (exact) mass is 234 g/mol. The molecule has 0 aliphatic carbocycles. The van der Waals surface area contributed by atoms with E-state index in [1.54, 1.807) is 18.3 Å². The van der Waals surface area contributed by atoms with E-state index in [4.69, 9.17) is 4.74 Å². The van der Waals surface area contributed by atoms with Gasteiger partial charge in [-0.2, -0.15) is 0 Å². The Kier molecular flexibility index (Phi) is 3.13. The quantitative estimate of drug-likeness (QED) is 0.549. The molecule has 2 amide bonds. The van der Waals surface area contributed by atoms with Crippen LogP contribution in [0, 0.1) is 0 Å². The number of carbonyl (C=O) groups excluding carboxylic acids is 3. The van der Waals surface area contributed by atoms with Gasteiger partial charge < -0.3 is 4.74 Å². The Morgan fingerprint density at radius 1 is 1.35 bits per heavy atom. The summed E-state index contributed by atoms with van der Waals surface area (Å²) in [4.78, 5) is 38.7. The van der Waals surface area contributed by atoms with Crippen LogP contribution in [0.25, 0.3) is 0 Å². The molecule has 6 heteroatoms. The highest BCUT2D eigenvalue weighted by atomic mass is 16.5. The zero-order valence-electron chi connectivity index (χ0n) is 8.96. The largest absolute Gasteiger partial charge is 0.424 e. The maximum atomic E-state index is 11.5. The zero-order chi connectivity index (χ0) is 12.3. The van der Waals surface area contributed by atoms with E-state index in [1.165, 1.54) is 6.20 Å². The van der Waals surface area contributed by atoms with Gasteiger partial charge in [0, 0.05) is 19.0 Å². The van der Waals surface area contributed by atoms with E-state index in [-0.39, 0.29) is 37.0 Å². The van der Waals surface area contributed by atoms with Crippen LogP contribution in [0.1, 0.15) is 12.8 Å². The van der Waals surface area contributed by atoms with E-state index in [0.29, 0.717) is 0 Å². The number of hydrogen-bond acceptors (Lipinski definition) is 5. The maximum absolute atomic E-state index is 11.5. The number of hydrogen-bond donors (Lipinski definition) is 0. The third-order valence-corrected chi connectivity index (χ3v) is 2.31. The number of amides is 2. The minimum atomic E-state index is -0.651. The number of ether oxygens (including phenoxy) is 1. The van der Waals surface area contributed by atoms with Gasteiger partial charge in [-0.05, 0) is 12.1 Å². The van der Waals surface area contributed by atoms with Gasteiger partial charge in [-0.3, -0.25) is 19.5 Å². The second-order valence-electron chi connectivity index (χ2n) is 3.54. The molecule has 0 radical (unpaired) electrons. The molecule has 1 fully saturated rings. The standard InChI is InChI=1S/C11H10N2O4/c14-9-3-4-10(15)13(9)7-11(16)17-8-2-1-5-12-6-8/h1-2,5-6H,3-4,7H2. The minimum absolute atomic E-state index is 0.166. The van der Waals surface area contributed by atoms with Crippen LogP contribution < -0.4 is 4.74 Å². The van der Waals surface area contributed by atoms with Crippen LogP contribution in [-0.2, 0) is 14.4 Å². The van der Waals surface area contributed by atoms with Crippen LogP contribution >= 0.6 is 0 Å². The topological polar surface area (TPSA) is 76.6 Å². The first-order valence-corrected chi connectivity index (χ1v) is 5.11. The number of esters is 1. The maximum Gasteiger partial charge on any atom is 0.331 e. The molecule has 2 heterocycles. The van der Waals surface area contributed by atoms with Crippen molar-refractivity contribution in [2.24, 2.45) is 0 Å². The fraction of sp³-hybridized carbons (Fsp3) is 0.273. The Morgan fingerprint density at radius 3 is 2.65 bits per heavy atom. The lowest BCUT2D eigenvalue weighted by Crippen LogP contribution is -2.36. The summed E-state index contributed by atoms with van der Waals surface area (Å²) in [5, 5.41) is 0. The van der Waals surface area contributed by atoms with Crippen LogP contribution in [0.2, 0.25) is 0 Å². The number of imide groups is 1.